The average Bonchev–Trinajstić information content (AvgIpc) is 3.36. The molecular weight excluding hydrogens is 452 g/mol. The lowest BCUT2D eigenvalue weighted by Crippen LogP contribution is -2.41. The maximum atomic E-state index is 11.0. The first-order chi connectivity index (χ1) is 16.7. The Kier molecular flexibility index (Phi) is 5.76. The summed E-state index contributed by atoms with van der Waals surface area (Å²) >= 11 is 0. The molecule has 3 aromatic rings. The Balaban J connectivity index is 1.33. The highest BCUT2D eigenvalue weighted by molar-refractivity contribution is 6.62. The van der Waals surface area contributed by atoms with Gasteiger partial charge in [-0.2, -0.15) is 4.73 Å². The van der Waals surface area contributed by atoms with Crippen LogP contribution in [0.25, 0.3) is 22.5 Å². The summed E-state index contributed by atoms with van der Waals surface area (Å²) in [5.41, 5.74) is 3.58. The topological polar surface area (TPSA) is 62.1 Å². The largest absolute Gasteiger partial charge is 0.494 e. The minimum absolute atomic E-state index is 0.386. The van der Waals surface area contributed by atoms with Crippen molar-refractivity contribution in [2.45, 2.75) is 77.8 Å². The molecular formula is C28H35B2NO5. The smallest absolute Gasteiger partial charge is 0.428 e. The van der Waals surface area contributed by atoms with Crippen molar-refractivity contribution < 1.29 is 23.8 Å². The summed E-state index contributed by atoms with van der Waals surface area (Å²) in [7, 11) is -0.828. The van der Waals surface area contributed by atoms with E-state index in [4.69, 9.17) is 18.6 Å². The molecule has 3 heterocycles. The third-order valence-corrected chi connectivity index (χ3v) is 8.32. The highest BCUT2D eigenvalue weighted by Crippen LogP contribution is 2.38. The lowest BCUT2D eigenvalue weighted by molar-refractivity contribution is 0.00578. The SMILES string of the molecule is CC1(C)OB(c2ccc(-c3ccc(-c4ccc(B5OC(C)(C)C(C)(C)O5)cc4)n3O)cc2)OC1(C)C. The average molecular weight is 487 g/mol. The lowest BCUT2D eigenvalue weighted by atomic mass is 9.79. The number of aromatic nitrogens is 1. The summed E-state index contributed by atoms with van der Waals surface area (Å²) in [6.07, 6.45) is 0. The molecule has 2 fully saturated rings. The number of hydrogen-bond donors (Lipinski definition) is 1. The zero-order chi connectivity index (χ0) is 26.1. The highest BCUT2D eigenvalue weighted by atomic mass is 16.7. The van der Waals surface area contributed by atoms with Gasteiger partial charge >= 0.3 is 14.2 Å². The number of hydrogen-bond acceptors (Lipinski definition) is 5. The van der Waals surface area contributed by atoms with Gasteiger partial charge in [0.05, 0.1) is 33.8 Å². The Labute approximate surface area is 214 Å². The summed E-state index contributed by atoms with van der Waals surface area (Å²) in [4.78, 5) is 0. The van der Waals surface area contributed by atoms with E-state index in [9.17, 15) is 5.21 Å². The molecule has 1 aromatic heterocycles. The molecule has 0 saturated carbocycles. The van der Waals surface area contributed by atoms with Crippen molar-refractivity contribution in [1.82, 2.24) is 4.73 Å². The van der Waals surface area contributed by atoms with Gasteiger partial charge in [0.25, 0.3) is 0 Å². The molecule has 5 rings (SSSR count). The van der Waals surface area contributed by atoms with E-state index in [1.807, 2.05) is 116 Å². The van der Waals surface area contributed by atoms with Crippen LogP contribution in [0.4, 0.5) is 0 Å². The van der Waals surface area contributed by atoms with E-state index >= 15 is 0 Å². The molecule has 2 aliphatic heterocycles. The second kappa shape index (κ2) is 8.25. The Morgan fingerprint density at radius 1 is 0.500 bits per heavy atom. The zero-order valence-electron chi connectivity index (χ0n) is 22.5. The standard InChI is InChI=1S/C28H35B2NO5/c1-25(2)26(3,4)34-29(33-25)21-13-9-19(10-14-21)23-17-18-24(31(23)32)20-11-15-22(16-12-20)30-35-27(5,6)28(7,8)36-30/h9-18,32H,1-8H3. The highest BCUT2D eigenvalue weighted by Gasteiger charge is 2.52. The van der Waals surface area contributed by atoms with E-state index in [2.05, 4.69) is 0 Å². The molecule has 6 nitrogen and oxygen atoms in total. The van der Waals surface area contributed by atoms with Crippen molar-refractivity contribution in [2.24, 2.45) is 0 Å². The van der Waals surface area contributed by atoms with Crippen LogP contribution in [-0.2, 0) is 18.6 Å². The third-order valence-electron chi connectivity index (χ3n) is 8.32. The molecule has 0 radical (unpaired) electrons. The van der Waals surface area contributed by atoms with E-state index < -0.39 is 14.2 Å². The first-order valence-electron chi connectivity index (χ1n) is 12.5. The molecule has 0 unspecified atom stereocenters. The zero-order valence-corrected chi connectivity index (χ0v) is 22.5. The number of nitrogens with zero attached hydrogens (tertiary/aromatic N) is 1. The van der Waals surface area contributed by atoms with Crippen molar-refractivity contribution in [2.75, 3.05) is 0 Å². The van der Waals surface area contributed by atoms with Crippen molar-refractivity contribution in [3.05, 3.63) is 60.7 Å². The second-order valence-corrected chi connectivity index (χ2v) is 11.8. The monoisotopic (exact) mass is 487 g/mol. The Bertz CT molecular complexity index is 1130. The van der Waals surface area contributed by atoms with E-state index in [0.717, 1.165) is 22.1 Å². The van der Waals surface area contributed by atoms with E-state index in [0.29, 0.717) is 11.4 Å². The molecule has 0 spiro atoms. The summed E-state index contributed by atoms with van der Waals surface area (Å²) in [6, 6.07) is 19.7. The number of rotatable bonds is 4. The molecule has 0 aliphatic carbocycles. The summed E-state index contributed by atoms with van der Waals surface area (Å²) in [5, 5.41) is 11.0. The van der Waals surface area contributed by atoms with Crippen LogP contribution in [0.15, 0.2) is 60.7 Å². The number of benzene rings is 2. The Morgan fingerprint density at radius 3 is 1.06 bits per heavy atom. The van der Waals surface area contributed by atoms with Crippen LogP contribution in [0.2, 0.25) is 0 Å². The minimum atomic E-state index is -0.414. The van der Waals surface area contributed by atoms with Gasteiger partial charge in [0.2, 0.25) is 0 Å². The maximum Gasteiger partial charge on any atom is 0.494 e. The molecule has 8 heteroatoms. The first-order valence-corrected chi connectivity index (χ1v) is 12.5. The van der Waals surface area contributed by atoms with Crippen molar-refractivity contribution in [1.29, 1.82) is 0 Å². The lowest BCUT2D eigenvalue weighted by Gasteiger charge is -2.32. The predicted molar refractivity (Wildman–Crippen MR) is 144 cm³/mol. The van der Waals surface area contributed by atoms with Crippen LogP contribution in [0.5, 0.6) is 0 Å². The van der Waals surface area contributed by atoms with Crippen LogP contribution >= 0.6 is 0 Å². The third kappa shape index (κ3) is 4.10. The van der Waals surface area contributed by atoms with Gasteiger partial charge in [0.1, 0.15) is 0 Å². The quantitative estimate of drug-likeness (QED) is 0.429. The van der Waals surface area contributed by atoms with Crippen molar-refractivity contribution >= 4 is 25.2 Å². The van der Waals surface area contributed by atoms with Crippen molar-refractivity contribution in [3.8, 4) is 22.5 Å². The molecule has 188 valence electrons. The van der Waals surface area contributed by atoms with Gasteiger partial charge in [0.15, 0.2) is 0 Å². The van der Waals surface area contributed by atoms with E-state index in [1.54, 1.807) is 0 Å². The summed E-state index contributed by atoms with van der Waals surface area (Å²) < 4.78 is 25.9. The fourth-order valence-corrected chi connectivity index (χ4v) is 4.45. The molecule has 0 bridgehead atoms. The normalized spacial score (nSPS) is 21.8. The fraction of sp³-hybridized carbons (Fsp3) is 0.429. The van der Waals surface area contributed by atoms with Gasteiger partial charge in [0, 0.05) is 11.1 Å². The van der Waals surface area contributed by atoms with Gasteiger partial charge in [-0.05, 0) is 78.4 Å². The predicted octanol–water partition coefficient (Wildman–Crippen LogP) is 4.66. The van der Waals surface area contributed by atoms with Crippen LogP contribution in [0.1, 0.15) is 55.4 Å². The van der Waals surface area contributed by atoms with Gasteiger partial charge < -0.3 is 23.8 Å². The maximum absolute atomic E-state index is 11.0. The molecule has 1 N–H and O–H groups in total. The van der Waals surface area contributed by atoms with E-state index in [1.165, 1.54) is 4.73 Å². The van der Waals surface area contributed by atoms with Gasteiger partial charge in [-0.1, -0.05) is 48.5 Å². The molecule has 2 saturated heterocycles. The summed E-state index contributed by atoms with van der Waals surface area (Å²) in [6.45, 7) is 16.4. The molecule has 2 aromatic carbocycles. The molecule has 2 aliphatic rings. The minimum Gasteiger partial charge on any atom is -0.428 e. The van der Waals surface area contributed by atoms with Crippen LogP contribution in [0.3, 0.4) is 0 Å². The molecule has 0 amide bonds. The summed E-state index contributed by atoms with van der Waals surface area (Å²) in [5.74, 6) is 0. The van der Waals surface area contributed by atoms with Crippen LogP contribution < -0.4 is 10.9 Å². The first kappa shape index (κ1) is 25.2. The Hall–Kier alpha value is -2.51. The molecule has 0 atom stereocenters. The van der Waals surface area contributed by atoms with Crippen molar-refractivity contribution in [3.63, 3.8) is 0 Å². The second-order valence-electron chi connectivity index (χ2n) is 11.8. The molecule has 36 heavy (non-hydrogen) atoms. The Morgan fingerprint density at radius 2 is 0.778 bits per heavy atom. The van der Waals surface area contributed by atoms with Crippen LogP contribution in [-0.4, -0.2) is 46.6 Å². The van der Waals surface area contributed by atoms with Gasteiger partial charge in [-0.25, -0.2) is 0 Å². The van der Waals surface area contributed by atoms with E-state index in [-0.39, 0.29) is 22.4 Å². The van der Waals surface area contributed by atoms with Crippen LogP contribution in [0, 0.1) is 0 Å². The fourth-order valence-electron chi connectivity index (χ4n) is 4.45. The van der Waals surface area contributed by atoms with Gasteiger partial charge in [-0.15, -0.1) is 0 Å². The van der Waals surface area contributed by atoms with Gasteiger partial charge in [-0.3, -0.25) is 0 Å².